The third-order valence-electron chi connectivity index (χ3n) is 9.53. The first-order valence-corrected chi connectivity index (χ1v) is 14.4. The van der Waals surface area contributed by atoms with Crippen LogP contribution in [0.15, 0.2) is 4.99 Å². The molecule has 0 spiro atoms. The van der Waals surface area contributed by atoms with E-state index in [1.54, 1.807) is 7.11 Å². The van der Waals surface area contributed by atoms with Gasteiger partial charge in [-0.25, -0.2) is 0 Å². The first-order valence-electron chi connectivity index (χ1n) is 14.4. The van der Waals surface area contributed by atoms with Crippen LogP contribution in [-0.4, -0.2) is 134 Å². The molecule has 0 aromatic carbocycles. The zero-order chi connectivity index (χ0) is 30.2. The fraction of sp³-hybridized carbons (Fsp3) is 0.852. The first kappa shape index (κ1) is 31.8. The van der Waals surface area contributed by atoms with Crippen molar-refractivity contribution in [3.8, 4) is 0 Å². The van der Waals surface area contributed by atoms with Crippen molar-refractivity contribution >= 4 is 12.2 Å². The molecule has 0 aromatic heterocycles. The van der Waals surface area contributed by atoms with E-state index in [0.717, 1.165) is 25.7 Å². The number of aliphatic hydroxyl groups excluding tert-OH is 5. The van der Waals surface area contributed by atoms with Crippen molar-refractivity contribution in [3.05, 3.63) is 18.0 Å². The number of ether oxygens (including phenoxy) is 5. The van der Waals surface area contributed by atoms with Crippen LogP contribution in [0.1, 0.15) is 44.9 Å². The Balaban J connectivity index is 1.31. The van der Waals surface area contributed by atoms with Gasteiger partial charge in [0.25, 0.3) is 0 Å². The molecule has 15 heteroatoms. The Morgan fingerprint density at radius 1 is 1.19 bits per heavy atom. The Bertz CT molecular complexity index is 951. The standard InChI is InChI=1S/C27H40N2O13/c1-38-14-4-2-12(3-5-14)16-6-15(31)19-17(40-16)7-18(22(20(19)32)39-11-30)41-26-21(33)23(34)27(37,24(42-26)25(35)36)8-13-9-28-10-29-13/h9-10,12,14-24,26,30-34,37H,2-8,11H2,1H3/p+1/t12?,14?,15?,16?,17?,18?,19?,20?,21-,22?,23+,24-,26+,27+/m1/s1. The predicted molar refractivity (Wildman–Crippen MR) is 139 cm³/mol. The van der Waals surface area contributed by atoms with Crippen LogP contribution in [0.3, 0.4) is 0 Å². The van der Waals surface area contributed by atoms with Crippen LogP contribution in [-0.2, 0) is 23.7 Å². The Kier molecular flexibility index (Phi) is 9.98. The smallest absolute Gasteiger partial charge is 0.301 e. The van der Waals surface area contributed by atoms with Crippen molar-refractivity contribution < 1.29 is 64.2 Å². The van der Waals surface area contributed by atoms with E-state index in [1.807, 2.05) is 0 Å². The van der Waals surface area contributed by atoms with Gasteiger partial charge in [0.2, 0.25) is 0 Å². The molecule has 0 amide bonds. The molecule has 4 fully saturated rings. The molecule has 3 aliphatic heterocycles. The third-order valence-corrected chi connectivity index (χ3v) is 9.53. The quantitative estimate of drug-likeness (QED) is 0.0868. The molecule has 2 aliphatic carbocycles. The van der Waals surface area contributed by atoms with Crippen LogP contribution in [0.2, 0.25) is 0 Å². The van der Waals surface area contributed by atoms with Gasteiger partial charge in [0.15, 0.2) is 30.1 Å². The molecule has 7 unspecified atom stereocenters. The number of methoxy groups -OCH3 is 1. The topological polar surface area (TPSA) is 238 Å². The number of nitrogens with zero attached hydrogens (tertiary/aromatic N) is 2. The number of carbonyl (C=O) groups is 1. The largest absolute Gasteiger partial charge is 0.547 e. The van der Waals surface area contributed by atoms with Gasteiger partial charge in [-0.15, -0.1) is 0 Å². The number of hydrogen-bond donors (Lipinski definition) is 6. The van der Waals surface area contributed by atoms with E-state index in [1.165, 1.54) is 12.9 Å². The van der Waals surface area contributed by atoms with Crippen LogP contribution in [0.5, 0.6) is 0 Å². The highest BCUT2D eigenvalue weighted by Gasteiger charge is 2.61. The Morgan fingerprint density at radius 3 is 2.55 bits per heavy atom. The van der Waals surface area contributed by atoms with Gasteiger partial charge in [-0.1, -0.05) is 4.99 Å². The van der Waals surface area contributed by atoms with Crippen molar-refractivity contribution in [2.45, 2.75) is 118 Å². The van der Waals surface area contributed by atoms with Gasteiger partial charge in [-0.05, 0) is 25.7 Å². The van der Waals surface area contributed by atoms with Crippen LogP contribution in [0.25, 0.3) is 5.32 Å². The van der Waals surface area contributed by atoms with Gasteiger partial charge in [-0.3, -0.25) is 5.32 Å². The normalized spacial score (nSPS) is 47.6. The van der Waals surface area contributed by atoms with E-state index in [-0.39, 0.29) is 30.6 Å². The fourth-order valence-electron chi connectivity index (χ4n) is 7.32. The molecule has 2 saturated carbocycles. The maximum absolute atomic E-state index is 12.0. The van der Waals surface area contributed by atoms with Crippen LogP contribution in [0.4, 0.5) is 0 Å². The Morgan fingerprint density at radius 2 is 1.93 bits per heavy atom. The average molecular weight is 602 g/mol. The van der Waals surface area contributed by atoms with Crippen molar-refractivity contribution in [1.29, 1.82) is 0 Å². The summed E-state index contributed by atoms with van der Waals surface area (Å²) in [5, 5.41) is 80.8. The van der Waals surface area contributed by atoms with Crippen molar-refractivity contribution in [3.63, 3.8) is 0 Å². The molecule has 3 heterocycles. The highest BCUT2D eigenvalue weighted by Crippen LogP contribution is 2.43. The summed E-state index contributed by atoms with van der Waals surface area (Å²) < 4.78 is 27.2. The van der Waals surface area contributed by atoms with E-state index in [2.05, 4.69) is 10.3 Å². The molecule has 15 nitrogen and oxygen atoms in total. The second kappa shape index (κ2) is 13.2. The summed E-state index contributed by atoms with van der Waals surface area (Å²) in [6.07, 6.45) is -8.23. The summed E-state index contributed by atoms with van der Waals surface area (Å²) in [5.74, 6) is -2.33. The lowest BCUT2D eigenvalue weighted by molar-refractivity contribution is -0.380. The van der Waals surface area contributed by atoms with E-state index in [9.17, 15) is 40.5 Å². The van der Waals surface area contributed by atoms with E-state index < -0.39 is 85.8 Å². The lowest BCUT2D eigenvalue weighted by Gasteiger charge is -2.51. The number of carboxylic acids is 1. The van der Waals surface area contributed by atoms with Crippen LogP contribution in [0, 0.1) is 24.5 Å². The fourth-order valence-corrected chi connectivity index (χ4v) is 7.32. The van der Waals surface area contributed by atoms with Crippen molar-refractivity contribution in [1.82, 2.24) is 0 Å². The zero-order valence-corrected chi connectivity index (χ0v) is 23.3. The molecule has 12 atom stereocenters. The summed E-state index contributed by atoms with van der Waals surface area (Å²) >= 11 is 0. The van der Waals surface area contributed by atoms with Crippen molar-refractivity contribution in [2.75, 3.05) is 13.9 Å². The number of rotatable bonds is 9. The van der Waals surface area contributed by atoms with E-state index >= 15 is 0 Å². The molecule has 0 radical (unpaired) electrons. The van der Waals surface area contributed by atoms with Gasteiger partial charge in [-0.2, -0.15) is 0 Å². The number of fused-ring (bicyclic) bond motifs is 1. The molecule has 7 N–H and O–H groups in total. The second-order valence-corrected chi connectivity index (χ2v) is 11.9. The number of hydrogen-bond acceptors (Lipinski definition) is 13. The summed E-state index contributed by atoms with van der Waals surface area (Å²) in [6, 6.07) is 0.151. The monoisotopic (exact) mass is 601 g/mol. The molecule has 0 aromatic rings. The van der Waals surface area contributed by atoms with Gasteiger partial charge in [0.1, 0.15) is 37.6 Å². The number of aliphatic hydroxyl groups is 8. The Labute approximate surface area is 243 Å². The third kappa shape index (κ3) is 6.16. The maximum Gasteiger partial charge on any atom is 0.301 e. The molecule has 5 rings (SSSR count). The van der Waals surface area contributed by atoms with Gasteiger partial charge >= 0.3 is 6.21 Å². The lowest BCUT2D eigenvalue weighted by atomic mass is 9.71. The highest BCUT2D eigenvalue weighted by molar-refractivity contribution is 5.82. The predicted octanol–water partition coefficient (Wildman–Crippen LogP) is -3.25. The minimum absolute atomic E-state index is 0.0827. The number of aliphatic carboxylic acids is 1. The van der Waals surface area contributed by atoms with E-state index in [0.29, 0.717) is 6.42 Å². The first-order chi connectivity index (χ1) is 20.1. The molecule has 42 heavy (non-hydrogen) atoms. The number of carbonyl (C=O) groups excluding carboxylic acids is 1. The maximum atomic E-state index is 12.0. The SMILES string of the molecule is COC1CCC(C2CC(O)C3C(CC(O[C@H]4O[C@H](C(=O)[O-])[C@](O)(C[C+]5C=N[CH+][N-]5)[C@@H](O)[C@H]4O)C(OCO)C3O)[OH+]2)CC1. The summed E-state index contributed by atoms with van der Waals surface area (Å²) in [5.41, 5.74) is -2.53. The van der Waals surface area contributed by atoms with Crippen LogP contribution >= 0.6 is 0 Å². The zero-order valence-electron chi connectivity index (χ0n) is 23.3. The molecular formula is C27H41N2O13+. The summed E-state index contributed by atoms with van der Waals surface area (Å²) in [6.45, 7) is 0.382. The molecule has 236 valence electrons. The van der Waals surface area contributed by atoms with Crippen LogP contribution < -0.4 is 5.11 Å². The van der Waals surface area contributed by atoms with Gasteiger partial charge < -0.3 is 64.2 Å². The minimum Gasteiger partial charge on any atom is -0.547 e. The van der Waals surface area contributed by atoms with Crippen molar-refractivity contribution in [2.24, 2.45) is 16.8 Å². The molecule has 5 aliphatic rings. The van der Waals surface area contributed by atoms with Gasteiger partial charge in [0.05, 0.1) is 43.0 Å². The number of aliphatic imine (C=N–C) groups is 1. The summed E-state index contributed by atoms with van der Waals surface area (Å²) in [4.78, 5) is 15.8. The number of carboxylic acid groups (broad SMARTS) is 1. The Hall–Kier alpha value is -1.60. The van der Waals surface area contributed by atoms with Gasteiger partial charge in [0, 0.05) is 25.9 Å². The molecular weight excluding hydrogens is 560 g/mol. The summed E-state index contributed by atoms with van der Waals surface area (Å²) in [7, 11) is 1.69. The lowest BCUT2D eigenvalue weighted by Crippen LogP contribution is -2.71. The average Bonchev–Trinajstić information content (AvgIpc) is 3.47. The molecule has 2 saturated heterocycles. The minimum atomic E-state index is -2.53. The highest BCUT2D eigenvalue weighted by atomic mass is 16.7. The van der Waals surface area contributed by atoms with E-state index in [4.69, 9.17) is 23.7 Å². The molecule has 0 bridgehead atoms. The second-order valence-electron chi connectivity index (χ2n) is 11.9.